The fraction of sp³-hybridized carbons (Fsp3) is 0.263. The van der Waals surface area contributed by atoms with Crippen LogP contribution in [0.3, 0.4) is 0 Å². The minimum atomic E-state index is -0.863. The highest BCUT2D eigenvalue weighted by molar-refractivity contribution is 6.34. The summed E-state index contributed by atoms with van der Waals surface area (Å²) in [5, 5.41) is 3.13. The standard InChI is InChI=1S/C19H19ClF2N2O2/c1-11-8-12(2)19(15(20)9-11)23-18(26)6-7-24(13(3)25)17-5-4-14(21)10-16(17)22/h4-5,8-10H,6-7H2,1-3H3,(H,23,26). The summed E-state index contributed by atoms with van der Waals surface area (Å²) in [5.41, 5.74) is 2.22. The van der Waals surface area contributed by atoms with E-state index < -0.39 is 17.5 Å². The van der Waals surface area contributed by atoms with E-state index in [2.05, 4.69) is 5.32 Å². The van der Waals surface area contributed by atoms with Crippen LogP contribution in [0, 0.1) is 25.5 Å². The summed E-state index contributed by atoms with van der Waals surface area (Å²) in [6, 6.07) is 6.55. The summed E-state index contributed by atoms with van der Waals surface area (Å²) in [5.74, 6) is -2.42. The Balaban J connectivity index is 2.10. The van der Waals surface area contributed by atoms with Crippen LogP contribution in [-0.2, 0) is 9.59 Å². The van der Waals surface area contributed by atoms with Gasteiger partial charge in [-0.25, -0.2) is 8.78 Å². The van der Waals surface area contributed by atoms with Crippen LogP contribution in [0.5, 0.6) is 0 Å². The molecule has 0 aromatic heterocycles. The largest absolute Gasteiger partial charge is 0.324 e. The van der Waals surface area contributed by atoms with Gasteiger partial charge in [-0.15, -0.1) is 0 Å². The van der Waals surface area contributed by atoms with E-state index in [9.17, 15) is 18.4 Å². The molecule has 2 aromatic carbocycles. The molecule has 0 aliphatic rings. The molecule has 0 saturated heterocycles. The number of hydrogen-bond donors (Lipinski definition) is 1. The predicted octanol–water partition coefficient (Wildman–Crippen LogP) is 4.62. The van der Waals surface area contributed by atoms with Gasteiger partial charge in [0.15, 0.2) is 0 Å². The molecular weight excluding hydrogens is 362 g/mol. The zero-order chi connectivity index (χ0) is 19.4. The first kappa shape index (κ1) is 19.8. The van der Waals surface area contributed by atoms with E-state index in [1.807, 2.05) is 19.9 Å². The highest BCUT2D eigenvalue weighted by Gasteiger charge is 2.18. The second-order valence-electron chi connectivity index (χ2n) is 6.00. The van der Waals surface area contributed by atoms with Crippen molar-refractivity contribution >= 4 is 34.8 Å². The molecule has 26 heavy (non-hydrogen) atoms. The van der Waals surface area contributed by atoms with E-state index >= 15 is 0 Å². The SMILES string of the molecule is CC(=O)N(CCC(=O)Nc1c(C)cc(C)cc1Cl)c1ccc(F)cc1F. The third-order valence-corrected chi connectivity index (χ3v) is 4.14. The van der Waals surface area contributed by atoms with E-state index in [1.54, 1.807) is 6.07 Å². The summed E-state index contributed by atoms with van der Waals surface area (Å²) in [4.78, 5) is 25.1. The van der Waals surface area contributed by atoms with E-state index in [-0.39, 0.29) is 24.6 Å². The molecule has 1 N–H and O–H groups in total. The molecule has 7 heteroatoms. The number of amides is 2. The molecule has 4 nitrogen and oxygen atoms in total. The van der Waals surface area contributed by atoms with Gasteiger partial charge in [-0.3, -0.25) is 9.59 Å². The number of benzene rings is 2. The number of anilines is 2. The van der Waals surface area contributed by atoms with Crippen molar-refractivity contribution in [2.45, 2.75) is 27.2 Å². The van der Waals surface area contributed by atoms with Crippen LogP contribution in [0.2, 0.25) is 5.02 Å². The molecule has 2 aromatic rings. The van der Waals surface area contributed by atoms with Crippen LogP contribution in [0.25, 0.3) is 0 Å². The van der Waals surface area contributed by atoms with E-state index in [0.717, 1.165) is 22.1 Å². The van der Waals surface area contributed by atoms with Crippen molar-refractivity contribution in [1.82, 2.24) is 0 Å². The van der Waals surface area contributed by atoms with Crippen LogP contribution in [0.15, 0.2) is 30.3 Å². The first-order valence-corrected chi connectivity index (χ1v) is 8.36. The van der Waals surface area contributed by atoms with Crippen LogP contribution in [0.4, 0.5) is 20.2 Å². The lowest BCUT2D eigenvalue weighted by molar-refractivity contribution is -0.117. The molecule has 138 valence electrons. The topological polar surface area (TPSA) is 49.4 Å². The van der Waals surface area contributed by atoms with Gasteiger partial charge in [0.2, 0.25) is 11.8 Å². The van der Waals surface area contributed by atoms with Crippen molar-refractivity contribution in [2.24, 2.45) is 0 Å². The lowest BCUT2D eigenvalue weighted by Crippen LogP contribution is -2.32. The van der Waals surface area contributed by atoms with Crippen LogP contribution >= 0.6 is 11.6 Å². The molecule has 0 radical (unpaired) electrons. The smallest absolute Gasteiger partial charge is 0.226 e. The van der Waals surface area contributed by atoms with Gasteiger partial charge in [-0.2, -0.15) is 0 Å². The van der Waals surface area contributed by atoms with Crippen molar-refractivity contribution in [3.63, 3.8) is 0 Å². The second-order valence-corrected chi connectivity index (χ2v) is 6.41. The van der Waals surface area contributed by atoms with Crippen LogP contribution < -0.4 is 10.2 Å². The van der Waals surface area contributed by atoms with Gasteiger partial charge in [0.1, 0.15) is 11.6 Å². The highest BCUT2D eigenvalue weighted by atomic mass is 35.5. The van der Waals surface area contributed by atoms with Crippen LogP contribution in [-0.4, -0.2) is 18.4 Å². The molecule has 0 unspecified atom stereocenters. The summed E-state index contributed by atoms with van der Waals surface area (Å²) in [6.07, 6.45) is -0.0694. The number of carbonyl (C=O) groups is 2. The van der Waals surface area contributed by atoms with E-state index in [0.29, 0.717) is 16.8 Å². The monoisotopic (exact) mass is 380 g/mol. The first-order valence-electron chi connectivity index (χ1n) is 7.98. The van der Waals surface area contributed by atoms with E-state index in [4.69, 9.17) is 11.6 Å². The number of carbonyl (C=O) groups excluding carboxylic acids is 2. The molecule has 0 aliphatic carbocycles. The predicted molar refractivity (Wildman–Crippen MR) is 98.6 cm³/mol. The fourth-order valence-electron chi connectivity index (χ4n) is 2.64. The second kappa shape index (κ2) is 8.27. The average Bonchev–Trinajstić information content (AvgIpc) is 2.52. The quantitative estimate of drug-likeness (QED) is 0.823. The summed E-state index contributed by atoms with van der Waals surface area (Å²) in [7, 11) is 0. The maximum atomic E-state index is 13.9. The lowest BCUT2D eigenvalue weighted by atomic mass is 10.1. The zero-order valence-electron chi connectivity index (χ0n) is 14.7. The third kappa shape index (κ3) is 4.79. The normalized spacial score (nSPS) is 10.5. The number of nitrogens with one attached hydrogen (secondary N) is 1. The Morgan fingerprint density at radius 1 is 1.15 bits per heavy atom. The number of rotatable bonds is 5. The number of nitrogens with zero attached hydrogens (tertiary/aromatic N) is 1. The Labute approximate surface area is 155 Å². The summed E-state index contributed by atoms with van der Waals surface area (Å²) in [6.45, 7) is 4.92. The van der Waals surface area contributed by atoms with Crippen molar-refractivity contribution in [3.8, 4) is 0 Å². The van der Waals surface area contributed by atoms with Crippen molar-refractivity contribution in [2.75, 3.05) is 16.8 Å². The maximum Gasteiger partial charge on any atom is 0.226 e. The van der Waals surface area contributed by atoms with Gasteiger partial charge in [0, 0.05) is 26.0 Å². The van der Waals surface area contributed by atoms with Gasteiger partial charge < -0.3 is 10.2 Å². The minimum absolute atomic E-state index is 0.0494. The fourth-order valence-corrected chi connectivity index (χ4v) is 3.01. The first-order chi connectivity index (χ1) is 12.2. The third-order valence-electron chi connectivity index (χ3n) is 3.84. The average molecular weight is 381 g/mol. The molecule has 0 heterocycles. The Hall–Kier alpha value is -2.47. The number of hydrogen-bond acceptors (Lipinski definition) is 2. The van der Waals surface area contributed by atoms with E-state index in [1.165, 1.54) is 13.0 Å². The molecule has 0 aliphatic heterocycles. The maximum absolute atomic E-state index is 13.9. The van der Waals surface area contributed by atoms with Gasteiger partial charge in [-0.05, 0) is 43.2 Å². The molecule has 0 atom stereocenters. The van der Waals surface area contributed by atoms with Crippen molar-refractivity contribution in [1.29, 1.82) is 0 Å². The Morgan fingerprint density at radius 3 is 2.42 bits per heavy atom. The molecule has 0 bridgehead atoms. The molecule has 2 rings (SSSR count). The zero-order valence-corrected chi connectivity index (χ0v) is 15.5. The van der Waals surface area contributed by atoms with Crippen molar-refractivity contribution < 1.29 is 18.4 Å². The molecule has 2 amide bonds. The van der Waals surface area contributed by atoms with Gasteiger partial charge in [0.25, 0.3) is 0 Å². The number of aryl methyl sites for hydroxylation is 2. The lowest BCUT2D eigenvalue weighted by Gasteiger charge is -2.21. The van der Waals surface area contributed by atoms with Crippen LogP contribution in [0.1, 0.15) is 24.5 Å². The Bertz CT molecular complexity index is 832. The molecule has 0 spiro atoms. The minimum Gasteiger partial charge on any atom is -0.324 e. The van der Waals surface area contributed by atoms with Gasteiger partial charge >= 0.3 is 0 Å². The van der Waals surface area contributed by atoms with Crippen molar-refractivity contribution in [3.05, 3.63) is 58.1 Å². The van der Waals surface area contributed by atoms with Gasteiger partial charge in [-0.1, -0.05) is 17.7 Å². The Kier molecular flexibility index (Phi) is 6.32. The summed E-state index contributed by atoms with van der Waals surface area (Å²) >= 11 is 6.16. The summed E-state index contributed by atoms with van der Waals surface area (Å²) < 4.78 is 27.0. The Morgan fingerprint density at radius 2 is 1.85 bits per heavy atom. The molecule has 0 fully saturated rings. The van der Waals surface area contributed by atoms with Gasteiger partial charge in [0.05, 0.1) is 16.4 Å². The highest BCUT2D eigenvalue weighted by Crippen LogP contribution is 2.27. The molecular formula is C19H19ClF2N2O2. The number of halogens is 3. The molecule has 0 saturated carbocycles.